The Morgan fingerprint density at radius 1 is 1.56 bits per heavy atom. The van der Waals surface area contributed by atoms with Crippen molar-refractivity contribution in [2.24, 2.45) is 0 Å². The highest BCUT2D eigenvalue weighted by molar-refractivity contribution is 9.10. The zero-order valence-corrected chi connectivity index (χ0v) is 10.3. The molecule has 0 spiro atoms. The first-order chi connectivity index (χ1) is 7.67. The van der Waals surface area contributed by atoms with E-state index in [1.165, 1.54) is 7.11 Å². The second kappa shape index (κ2) is 6.30. The molecule has 0 aliphatic rings. The number of halogens is 1. The molecule has 0 aliphatic carbocycles. The summed E-state index contributed by atoms with van der Waals surface area (Å²) in [7, 11) is 1.54. The molecular weight excluding hydrogens is 276 g/mol. The molecule has 5 heteroatoms. The Kier molecular flexibility index (Phi) is 5.01. The van der Waals surface area contributed by atoms with Crippen molar-refractivity contribution in [2.45, 2.75) is 0 Å². The summed E-state index contributed by atoms with van der Waals surface area (Å²) in [6.45, 7) is 3.47. The number of rotatable bonds is 5. The van der Waals surface area contributed by atoms with Crippen LogP contribution in [0.25, 0.3) is 0 Å². The molecule has 0 amide bonds. The maximum absolute atomic E-state index is 10.9. The smallest absolute Gasteiger partial charge is 0.335 e. The average Bonchev–Trinajstić information content (AvgIpc) is 2.28. The molecule has 0 aromatic heterocycles. The van der Waals surface area contributed by atoms with Crippen molar-refractivity contribution in [3.05, 3.63) is 35.3 Å². The number of hydrogen-bond donors (Lipinski definition) is 0. The highest BCUT2D eigenvalue weighted by Crippen LogP contribution is 2.29. The maximum Gasteiger partial charge on any atom is 0.335 e. The molecule has 1 rings (SSSR count). The Bertz CT molecular complexity index is 390. The highest BCUT2D eigenvalue weighted by atomic mass is 79.9. The van der Waals surface area contributed by atoms with Gasteiger partial charge in [0.25, 0.3) is 0 Å². The molecule has 0 bridgehead atoms. The number of hydrogen-bond acceptors (Lipinski definition) is 4. The van der Waals surface area contributed by atoms with Crippen molar-refractivity contribution in [1.29, 1.82) is 0 Å². The van der Waals surface area contributed by atoms with Crippen LogP contribution in [0.2, 0.25) is 0 Å². The van der Waals surface area contributed by atoms with E-state index in [4.69, 9.17) is 14.2 Å². The molecule has 0 unspecified atom stereocenters. The summed E-state index contributed by atoms with van der Waals surface area (Å²) < 4.78 is 15.6. The van der Waals surface area contributed by atoms with Crippen molar-refractivity contribution in [3.8, 4) is 11.5 Å². The minimum Gasteiger partial charge on any atom is -0.466 e. The fourth-order valence-corrected chi connectivity index (χ4v) is 1.41. The number of ether oxygens (including phenoxy) is 3. The number of carbonyl (C=O) groups excluding carboxylic acids is 1. The summed E-state index contributed by atoms with van der Waals surface area (Å²) in [4.78, 5) is 10.9. The Morgan fingerprint density at radius 2 is 2.31 bits per heavy atom. The fourth-order valence-electron chi connectivity index (χ4n) is 0.942. The first-order valence-corrected chi connectivity index (χ1v) is 5.22. The predicted molar refractivity (Wildman–Crippen MR) is 62.5 cm³/mol. The van der Waals surface area contributed by atoms with Gasteiger partial charge >= 0.3 is 5.97 Å². The average molecular weight is 287 g/mol. The van der Waals surface area contributed by atoms with Crippen molar-refractivity contribution >= 4 is 21.9 Å². The van der Waals surface area contributed by atoms with Crippen molar-refractivity contribution in [2.75, 3.05) is 13.9 Å². The molecule has 0 atom stereocenters. The lowest BCUT2D eigenvalue weighted by molar-refractivity contribution is -0.128. The molecule has 0 N–H and O–H groups in total. The molecule has 16 heavy (non-hydrogen) atoms. The quantitative estimate of drug-likeness (QED) is 0.361. The van der Waals surface area contributed by atoms with E-state index in [9.17, 15) is 4.79 Å². The fraction of sp³-hybridized carbons (Fsp3) is 0.182. The summed E-state index contributed by atoms with van der Waals surface area (Å²) in [5.74, 6) is 0.527. The van der Waals surface area contributed by atoms with Crippen molar-refractivity contribution in [3.63, 3.8) is 0 Å². The third-order valence-electron chi connectivity index (χ3n) is 1.62. The lowest BCUT2D eigenvalue weighted by Gasteiger charge is -2.08. The molecule has 86 valence electrons. The predicted octanol–water partition coefficient (Wildman–Crippen LogP) is 2.52. The molecule has 1 aromatic rings. The minimum atomic E-state index is -0.502. The number of benzene rings is 1. The molecule has 0 fully saturated rings. The Morgan fingerprint density at radius 3 is 2.88 bits per heavy atom. The molecule has 0 saturated carbocycles. The van der Waals surface area contributed by atoms with Gasteiger partial charge in [0.1, 0.15) is 11.5 Å². The van der Waals surface area contributed by atoms with Crippen LogP contribution < -0.4 is 9.47 Å². The van der Waals surface area contributed by atoms with E-state index in [1.54, 1.807) is 18.2 Å². The second-order valence-corrected chi connectivity index (χ2v) is 3.62. The number of esters is 1. The minimum absolute atomic E-state index is 0.157. The van der Waals surface area contributed by atoms with E-state index in [-0.39, 0.29) is 6.79 Å². The van der Waals surface area contributed by atoms with E-state index >= 15 is 0 Å². The Balaban J connectivity index is 2.74. The lowest BCUT2D eigenvalue weighted by atomic mass is 10.3. The second-order valence-electron chi connectivity index (χ2n) is 2.77. The zero-order chi connectivity index (χ0) is 12.0. The summed E-state index contributed by atoms with van der Waals surface area (Å²) in [6, 6.07) is 4.93. The molecular formula is C11H11BrO4. The van der Waals surface area contributed by atoms with Crippen LogP contribution in [0.15, 0.2) is 35.3 Å². The van der Waals surface area contributed by atoms with Crippen LogP contribution in [0.1, 0.15) is 0 Å². The standard InChI is InChI=1S/C11H11BrO4/c1-3-11(13)16-8-4-5-10(9(12)6-8)15-7-14-2/h3-6H,1,7H2,2H3. The lowest BCUT2D eigenvalue weighted by Crippen LogP contribution is -2.03. The van der Waals surface area contributed by atoms with Crippen LogP contribution in [0.5, 0.6) is 11.5 Å². The SMILES string of the molecule is C=CC(=O)Oc1ccc(OCOC)c(Br)c1. The van der Waals surface area contributed by atoms with Gasteiger partial charge in [0.2, 0.25) is 0 Å². The van der Waals surface area contributed by atoms with Gasteiger partial charge in [0, 0.05) is 13.2 Å². The molecule has 1 aromatic carbocycles. The first kappa shape index (κ1) is 12.7. The van der Waals surface area contributed by atoms with Gasteiger partial charge in [-0.3, -0.25) is 0 Å². The molecule has 0 aliphatic heterocycles. The normalized spacial score (nSPS) is 9.62. The van der Waals surface area contributed by atoms with E-state index in [0.717, 1.165) is 6.08 Å². The van der Waals surface area contributed by atoms with Crippen LogP contribution in [0.4, 0.5) is 0 Å². The van der Waals surface area contributed by atoms with Crippen LogP contribution in [0, 0.1) is 0 Å². The van der Waals surface area contributed by atoms with Gasteiger partial charge < -0.3 is 14.2 Å². The largest absolute Gasteiger partial charge is 0.466 e. The van der Waals surface area contributed by atoms with E-state index in [2.05, 4.69) is 22.5 Å². The van der Waals surface area contributed by atoms with Gasteiger partial charge in [0.15, 0.2) is 6.79 Å². The van der Waals surface area contributed by atoms with Gasteiger partial charge in [-0.15, -0.1) is 0 Å². The molecule has 0 saturated heterocycles. The molecule has 0 radical (unpaired) electrons. The third-order valence-corrected chi connectivity index (χ3v) is 2.24. The number of carbonyl (C=O) groups is 1. The first-order valence-electron chi connectivity index (χ1n) is 4.43. The van der Waals surface area contributed by atoms with Gasteiger partial charge in [-0.1, -0.05) is 6.58 Å². The van der Waals surface area contributed by atoms with E-state index in [1.807, 2.05) is 0 Å². The molecule has 4 nitrogen and oxygen atoms in total. The summed E-state index contributed by atoms with van der Waals surface area (Å²) in [5, 5.41) is 0. The summed E-state index contributed by atoms with van der Waals surface area (Å²) in [6.07, 6.45) is 1.10. The van der Waals surface area contributed by atoms with Crippen LogP contribution in [0.3, 0.4) is 0 Å². The monoisotopic (exact) mass is 286 g/mol. The number of methoxy groups -OCH3 is 1. The van der Waals surface area contributed by atoms with E-state index < -0.39 is 5.97 Å². The molecule has 0 heterocycles. The van der Waals surface area contributed by atoms with Crippen molar-refractivity contribution < 1.29 is 19.0 Å². The third kappa shape index (κ3) is 3.67. The van der Waals surface area contributed by atoms with Crippen LogP contribution in [-0.2, 0) is 9.53 Å². The summed E-state index contributed by atoms with van der Waals surface area (Å²) >= 11 is 3.29. The highest BCUT2D eigenvalue weighted by Gasteiger charge is 2.05. The van der Waals surface area contributed by atoms with Gasteiger partial charge in [-0.2, -0.15) is 0 Å². The zero-order valence-electron chi connectivity index (χ0n) is 8.73. The Labute approximate surface area is 102 Å². The maximum atomic E-state index is 10.9. The van der Waals surface area contributed by atoms with Gasteiger partial charge in [0.05, 0.1) is 4.47 Å². The van der Waals surface area contributed by atoms with Gasteiger partial charge in [-0.05, 0) is 34.1 Å². The van der Waals surface area contributed by atoms with Crippen LogP contribution in [-0.4, -0.2) is 19.9 Å². The Hall–Kier alpha value is -1.33. The van der Waals surface area contributed by atoms with Crippen molar-refractivity contribution in [1.82, 2.24) is 0 Å². The summed E-state index contributed by atoms with van der Waals surface area (Å²) in [5.41, 5.74) is 0. The van der Waals surface area contributed by atoms with E-state index in [0.29, 0.717) is 16.0 Å². The van der Waals surface area contributed by atoms with Gasteiger partial charge in [-0.25, -0.2) is 4.79 Å². The topological polar surface area (TPSA) is 44.8 Å². The van der Waals surface area contributed by atoms with Crippen LogP contribution >= 0.6 is 15.9 Å².